The van der Waals surface area contributed by atoms with Crippen LogP contribution in [0.2, 0.25) is 0 Å². The molecule has 3 aliphatic heterocycles. The largest absolute Gasteiger partial charge is 0.493 e. The zero-order chi connectivity index (χ0) is 21.0. The molecule has 3 amide bonds. The quantitative estimate of drug-likeness (QED) is 0.775. The predicted molar refractivity (Wildman–Crippen MR) is 102 cm³/mol. The van der Waals surface area contributed by atoms with Crippen LogP contribution in [0.4, 0.5) is 9.18 Å². The summed E-state index contributed by atoms with van der Waals surface area (Å²) in [4.78, 5) is 26.5. The average molecular weight is 414 g/mol. The molecule has 0 spiro atoms. The number of nitrogens with zero attached hydrogens (tertiary/aromatic N) is 1. The molecule has 5 rings (SSSR count). The average Bonchev–Trinajstić information content (AvgIpc) is 3.03. The van der Waals surface area contributed by atoms with Gasteiger partial charge in [-0.1, -0.05) is 0 Å². The van der Waals surface area contributed by atoms with Crippen molar-refractivity contribution < 1.29 is 32.9 Å². The highest BCUT2D eigenvalue weighted by Gasteiger charge is 2.48. The number of carbonyl (C=O) groups excluding carboxylic acids is 2. The van der Waals surface area contributed by atoms with E-state index in [9.17, 15) is 14.0 Å². The van der Waals surface area contributed by atoms with Gasteiger partial charge in [0.2, 0.25) is 0 Å². The van der Waals surface area contributed by atoms with Crippen LogP contribution in [0.15, 0.2) is 24.3 Å². The molecule has 3 aliphatic rings. The maximum Gasteiger partial charge on any atom is 0.325 e. The molecule has 1 saturated heterocycles. The first kappa shape index (κ1) is 18.5. The van der Waals surface area contributed by atoms with Crippen molar-refractivity contribution in [3.63, 3.8) is 0 Å². The van der Waals surface area contributed by atoms with Crippen LogP contribution in [0, 0.1) is 5.82 Å². The summed E-state index contributed by atoms with van der Waals surface area (Å²) in [6, 6.07) is 4.61. The van der Waals surface area contributed by atoms with Gasteiger partial charge in [0.25, 0.3) is 5.91 Å². The highest BCUT2D eigenvalue weighted by Crippen LogP contribution is 2.46. The number of urea groups is 1. The topological polar surface area (TPSA) is 86.3 Å². The van der Waals surface area contributed by atoms with E-state index in [4.69, 9.17) is 18.9 Å². The molecule has 0 aliphatic carbocycles. The first-order chi connectivity index (χ1) is 14.5. The van der Waals surface area contributed by atoms with Crippen LogP contribution in [-0.4, -0.2) is 50.3 Å². The zero-order valence-corrected chi connectivity index (χ0v) is 16.4. The Hall–Kier alpha value is -3.49. The van der Waals surface area contributed by atoms with Crippen molar-refractivity contribution in [3.8, 4) is 23.0 Å². The molecule has 0 saturated carbocycles. The fraction of sp³-hybridized carbons (Fsp3) is 0.333. The molecule has 0 radical (unpaired) electrons. The molecule has 156 valence electrons. The van der Waals surface area contributed by atoms with E-state index in [0.717, 1.165) is 11.1 Å². The number of rotatable bonds is 3. The number of nitrogens with one attached hydrogen (secondary N) is 1. The number of halogens is 1. The number of ether oxygens (including phenoxy) is 4. The molecule has 1 fully saturated rings. The lowest BCUT2D eigenvalue weighted by Crippen LogP contribution is -2.44. The van der Waals surface area contributed by atoms with E-state index in [0.29, 0.717) is 36.7 Å². The number of benzene rings is 2. The van der Waals surface area contributed by atoms with Crippen molar-refractivity contribution in [2.45, 2.75) is 18.5 Å². The molecule has 8 nitrogen and oxygen atoms in total. The van der Waals surface area contributed by atoms with Crippen LogP contribution in [0.5, 0.6) is 23.0 Å². The number of hydrogen-bond donors (Lipinski definition) is 1. The van der Waals surface area contributed by atoms with Crippen molar-refractivity contribution in [2.75, 3.05) is 27.4 Å². The van der Waals surface area contributed by atoms with Crippen molar-refractivity contribution in [2.24, 2.45) is 0 Å². The second-order valence-electron chi connectivity index (χ2n) is 7.26. The first-order valence-corrected chi connectivity index (χ1v) is 9.48. The predicted octanol–water partition coefficient (Wildman–Crippen LogP) is 2.18. The van der Waals surface area contributed by atoms with Gasteiger partial charge in [-0.15, -0.1) is 0 Å². The first-order valence-electron chi connectivity index (χ1n) is 9.48. The maximum absolute atomic E-state index is 14.8. The summed E-state index contributed by atoms with van der Waals surface area (Å²) < 4.78 is 36.6. The van der Waals surface area contributed by atoms with Crippen LogP contribution in [0.25, 0.3) is 0 Å². The second kappa shape index (κ2) is 6.79. The summed E-state index contributed by atoms with van der Waals surface area (Å²) in [5, 5.41) is 2.36. The summed E-state index contributed by atoms with van der Waals surface area (Å²) >= 11 is 0. The van der Waals surface area contributed by atoms with E-state index in [2.05, 4.69) is 5.32 Å². The highest BCUT2D eigenvalue weighted by molar-refractivity contribution is 6.05. The van der Waals surface area contributed by atoms with E-state index >= 15 is 0 Å². The number of hydrogen-bond acceptors (Lipinski definition) is 6. The second-order valence-corrected chi connectivity index (χ2v) is 7.26. The van der Waals surface area contributed by atoms with Gasteiger partial charge in [0.05, 0.1) is 20.3 Å². The molecular weight excluding hydrogens is 395 g/mol. The number of amides is 3. The van der Waals surface area contributed by atoms with Gasteiger partial charge in [-0.05, 0) is 41.0 Å². The van der Waals surface area contributed by atoms with Gasteiger partial charge < -0.3 is 23.8 Å². The molecule has 0 aromatic heterocycles. The number of carbonyl (C=O) groups is 2. The zero-order valence-electron chi connectivity index (χ0n) is 16.4. The Labute approximate surface area is 171 Å². The third-order valence-electron chi connectivity index (χ3n) is 5.66. The number of imide groups is 1. The molecule has 30 heavy (non-hydrogen) atoms. The normalized spacial score (nSPS) is 21.6. The van der Waals surface area contributed by atoms with Crippen LogP contribution < -0.4 is 24.3 Å². The Morgan fingerprint density at radius 3 is 2.50 bits per heavy atom. The fourth-order valence-corrected chi connectivity index (χ4v) is 4.38. The Morgan fingerprint density at radius 2 is 1.80 bits per heavy atom. The smallest absolute Gasteiger partial charge is 0.325 e. The third kappa shape index (κ3) is 2.65. The van der Waals surface area contributed by atoms with Gasteiger partial charge in [-0.2, -0.15) is 0 Å². The molecule has 2 aromatic carbocycles. The Bertz CT molecular complexity index is 1070. The molecule has 3 heterocycles. The monoisotopic (exact) mass is 414 g/mol. The van der Waals surface area contributed by atoms with E-state index in [1.807, 2.05) is 6.07 Å². The van der Waals surface area contributed by atoms with Crippen molar-refractivity contribution in [3.05, 3.63) is 46.8 Å². The van der Waals surface area contributed by atoms with E-state index in [1.54, 1.807) is 12.1 Å². The van der Waals surface area contributed by atoms with Gasteiger partial charge in [0, 0.05) is 6.42 Å². The Balaban J connectivity index is 1.72. The van der Waals surface area contributed by atoms with Gasteiger partial charge in [0.1, 0.15) is 19.3 Å². The maximum atomic E-state index is 14.8. The summed E-state index contributed by atoms with van der Waals surface area (Å²) in [6.07, 6.45) is 0.329. The minimum absolute atomic E-state index is 0.0297. The van der Waals surface area contributed by atoms with Gasteiger partial charge >= 0.3 is 6.03 Å². The molecule has 9 heteroatoms. The molecule has 1 N–H and O–H groups in total. The van der Waals surface area contributed by atoms with Gasteiger partial charge in [0.15, 0.2) is 28.8 Å². The van der Waals surface area contributed by atoms with Crippen LogP contribution >= 0.6 is 0 Å². The molecule has 2 aromatic rings. The standard InChI is InChI=1S/C21H19FN2O6/c1-27-17-8-11(5-13(22)19(17)28-2)18-12-9-16-15(29-3-4-30-16)7-10(12)6-14-20(25)23-21(26)24(14)18/h5,7-9,14,18H,3-4,6H2,1-2H3,(H,23,25,26)/t14-,18+/m0/s1. The molecule has 2 atom stereocenters. The lowest BCUT2D eigenvalue weighted by molar-refractivity contribution is -0.121. The van der Waals surface area contributed by atoms with Gasteiger partial charge in [-0.3, -0.25) is 10.1 Å². The third-order valence-corrected chi connectivity index (χ3v) is 5.66. The Morgan fingerprint density at radius 1 is 1.07 bits per heavy atom. The van der Waals surface area contributed by atoms with Crippen LogP contribution in [0.1, 0.15) is 22.7 Å². The van der Waals surface area contributed by atoms with Crippen LogP contribution in [-0.2, 0) is 11.2 Å². The number of methoxy groups -OCH3 is 2. The summed E-state index contributed by atoms with van der Waals surface area (Å²) in [5.74, 6) is 0.300. The summed E-state index contributed by atoms with van der Waals surface area (Å²) in [5.41, 5.74) is 2.04. The Kier molecular flexibility index (Phi) is 4.19. The lowest BCUT2D eigenvalue weighted by atomic mass is 9.84. The lowest BCUT2D eigenvalue weighted by Gasteiger charge is -2.38. The molecule has 0 unspecified atom stereocenters. The summed E-state index contributed by atoms with van der Waals surface area (Å²) in [6.45, 7) is 0.845. The van der Waals surface area contributed by atoms with Crippen molar-refractivity contribution in [1.82, 2.24) is 10.2 Å². The van der Waals surface area contributed by atoms with E-state index < -0.39 is 23.9 Å². The van der Waals surface area contributed by atoms with Crippen LogP contribution in [0.3, 0.4) is 0 Å². The van der Waals surface area contributed by atoms with Crippen molar-refractivity contribution in [1.29, 1.82) is 0 Å². The minimum atomic E-state index is -0.713. The SMILES string of the molecule is COc1cc([C@@H]2c3cc4c(cc3C[C@H]3C(=O)NC(=O)N23)OCCO4)cc(F)c1OC. The minimum Gasteiger partial charge on any atom is -0.493 e. The molecular formula is C21H19FN2O6. The summed E-state index contributed by atoms with van der Waals surface area (Å²) in [7, 11) is 2.76. The fourth-order valence-electron chi connectivity index (χ4n) is 4.38. The molecule has 0 bridgehead atoms. The number of fused-ring (bicyclic) bond motifs is 3. The van der Waals surface area contributed by atoms with E-state index in [-0.39, 0.29) is 17.4 Å². The van der Waals surface area contributed by atoms with Gasteiger partial charge in [-0.25, -0.2) is 9.18 Å². The van der Waals surface area contributed by atoms with E-state index in [1.165, 1.54) is 25.2 Å². The van der Waals surface area contributed by atoms with Crippen molar-refractivity contribution >= 4 is 11.9 Å². The highest BCUT2D eigenvalue weighted by atomic mass is 19.1.